The van der Waals surface area contributed by atoms with E-state index in [2.05, 4.69) is 0 Å². The Labute approximate surface area is 417 Å². The first-order chi connectivity index (χ1) is 35.5. The quantitative estimate of drug-likeness (QED) is 0.0900. The zero-order valence-corrected chi connectivity index (χ0v) is 39.5. The number of aliphatic hydroxyl groups is 4. The van der Waals surface area contributed by atoms with Gasteiger partial charge in [-0.25, -0.2) is 14.4 Å². The number of benzene rings is 5. The number of rotatable bonds is 12. The minimum Gasteiger partial charge on any atom is -0.454 e. The van der Waals surface area contributed by atoms with Crippen LogP contribution in [-0.4, -0.2) is 126 Å². The van der Waals surface area contributed by atoms with Crippen molar-refractivity contribution < 1.29 is 91.7 Å². The molecule has 0 aromatic heterocycles. The van der Waals surface area contributed by atoms with Gasteiger partial charge in [-0.3, -0.25) is 0 Å². The molecule has 6 heterocycles. The summed E-state index contributed by atoms with van der Waals surface area (Å²) in [5.74, 6) is -4.27. The first-order valence-corrected chi connectivity index (χ1v) is 24.3. The smallest absolute Gasteiger partial charge is 0.343 e. The molecule has 1 spiro atoms. The van der Waals surface area contributed by atoms with Gasteiger partial charge in [0.05, 0.1) is 41.0 Å². The third-order valence-electron chi connectivity index (χ3n) is 13.6. The molecule has 4 saturated heterocycles. The monoisotopic (exact) mass is 1000 g/mol. The maximum absolute atomic E-state index is 14.2. The highest BCUT2D eigenvalue weighted by molar-refractivity contribution is 5.98. The van der Waals surface area contributed by atoms with Gasteiger partial charge in [0.1, 0.15) is 48.8 Å². The molecular formula is C54H52O19. The number of carbonyl (C=O) groups excluding carboxylic acids is 3. The molecule has 5 aromatic carbocycles. The fraction of sp³-hybridized carbons (Fsp3) is 0.389. The molecule has 4 fully saturated rings. The molecular weight excluding hydrogens is 953 g/mol. The predicted molar refractivity (Wildman–Crippen MR) is 249 cm³/mol. The Morgan fingerprint density at radius 2 is 1.01 bits per heavy atom. The van der Waals surface area contributed by atoms with Crippen LogP contribution in [0.1, 0.15) is 87.3 Å². The van der Waals surface area contributed by atoms with Crippen LogP contribution in [0, 0.1) is 0 Å². The molecule has 0 aliphatic carbocycles. The van der Waals surface area contributed by atoms with Crippen molar-refractivity contribution in [2.24, 2.45) is 0 Å². The lowest BCUT2D eigenvalue weighted by Crippen LogP contribution is -2.63. The van der Waals surface area contributed by atoms with Crippen LogP contribution in [-0.2, 0) is 38.8 Å². The van der Waals surface area contributed by atoms with E-state index < -0.39 is 97.5 Å². The molecule has 0 amide bonds. The summed E-state index contributed by atoms with van der Waals surface area (Å²) in [6.45, 7) is 3.84. The lowest BCUT2D eigenvalue weighted by Gasteiger charge is -2.46. The molecule has 0 radical (unpaired) electrons. The first-order valence-electron chi connectivity index (χ1n) is 24.3. The molecule has 73 heavy (non-hydrogen) atoms. The van der Waals surface area contributed by atoms with Crippen molar-refractivity contribution in [1.29, 1.82) is 0 Å². The second kappa shape index (κ2) is 20.1. The first kappa shape index (κ1) is 48.8. The van der Waals surface area contributed by atoms with Gasteiger partial charge in [0.25, 0.3) is 0 Å². The topological polar surface area (TPSA) is 243 Å². The van der Waals surface area contributed by atoms with Gasteiger partial charge in [0, 0.05) is 5.56 Å². The van der Waals surface area contributed by atoms with E-state index in [1.807, 2.05) is 13.8 Å². The van der Waals surface area contributed by atoms with E-state index in [1.165, 1.54) is 48.5 Å². The average molecular weight is 1000 g/mol. The van der Waals surface area contributed by atoms with Crippen molar-refractivity contribution in [2.45, 2.75) is 119 Å². The molecule has 12 atom stereocenters. The van der Waals surface area contributed by atoms with E-state index in [9.17, 15) is 34.8 Å². The van der Waals surface area contributed by atoms with Crippen molar-refractivity contribution >= 4 is 17.9 Å². The highest BCUT2D eigenvalue weighted by Crippen LogP contribution is 2.63. The molecule has 0 bridgehead atoms. The lowest BCUT2D eigenvalue weighted by molar-refractivity contribution is -0.348. The number of fused-ring (bicyclic) bond motifs is 8. The van der Waals surface area contributed by atoms with Gasteiger partial charge < -0.3 is 77.3 Å². The number of esters is 3. The fourth-order valence-electron chi connectivity index (χ4n) is 10.0. The zero-order valence-electron chi connectivity index (χ0n) is 39.5. The van der Waals surface area contributed by atoms with Crippen LogP contribution in [0.5, 0.6) is 34.5 Å². The Bertz CT molecular complexity index is 2700. The van der Waals surface area contributed by atoms with Gasteiger partial charge in [-0.15, -0.1) is 0 Å². The standard InChI is InChI=1S/C54H52O19/c1-3-13-37-62-25-35-45(68-37)39(55)41(57)52(66-35)71-47-33(64-49(59)27-15-7-5-8-16-27)23-21-31-43(47)70-44-32(54(31)30-20-12-11-19-29(30)51(61)73-54)22-24-34(65-50(60)28-17-9-6-10-18-28)48(44)72-53-42(58)40(56)46-36(67-53)26-63-38(69-46)14-4-2/h5-12,15-24,35-42,45-46,52-53,55-58H,3-4,13-14,25-26H2,1-2H3/t35-,36-,37?,38?,39-,40-,41-,42-,45-,46-,52+,53+,54?/m1/s1. The van der Waals surface area contributed by atoms with Crippen LogP contribution in [0.25, 0.3) is 0 Å². The normalized spacial score (nSPS) is 30.8. The SMILES string of the molecule is CCCC1OC[C@H]2O[C@@H](Oc3c(OC(=O)c4ccccc4)ccc4c3Oc3c(ccc(OC(=O)c5ccccc5)c3O[C@@H]3O[C@@H]5COC(CCC)O[C@H]5[C@H](O)[C@H]3O)C43OC(=O)c4ccccc43)[C@H](O)[C@@H](O)[C@@H]2O1. The Morgan fingerprint density at radius 3 is 1.48 bits per heavy atom. The van der Waals surface area contributed by atoms with Gasteiger partial charge in [0.15, 0.2) is 41.2 Å². The maximum atomic E-state index is 14.2. The van der Waals surface area contributed by atoms with E-state index in [1.54, 1.807) is 60.7 Å². The minimum atomic E-state index is -1.94. The van der Waals surface area contributed by atoms with Crippen LogP contribution in [0.3, 0.4) is 0 Å². The lowest BCUT2D eigenvalue weighted by atomic mass is 9.77. The molecule has 19 nitrogen and oxygen atoms in total. The highest BCUT2D eigenvalue weighted by Gasteiger charge is 2.57. The van der Waals surface area contributed by atoms with Crippen LogP contribution in [0.4, 0.5) is 0 Å². The number of aliphatic hydroxyl groups excluding tert-OH is 4. The van der Waals surface area contributed by atoms with Crippen LogP contribution in [0.2, 0.25) is 0 Å². The molecule has 11 rings (SSSR count). The number of hydrogen-bond donors (Lipinski definition) is 4. The van der Waals surface area contributed by atoms with E-state index >= 15 is 0 Å². The summed E-state index contributed by atoms with van der Waals surface area (Å²) >= 11 is 0. The second-order valence-electron chi connectivity index (χ2n) is 18.4. The van der Waals surface area contributed by atoms with Crippen LogP contribution in [0.15, 0.2) is 109 Å². The van der Waals surface area contributed by atoms with Crippen molar-refractivity contribution in [3.05, 3.63) is 143 Å². The zero-order chi connectivity index (χ0) is 50.5. The van der Waals surface area contributed by atoms with E-state index in [0.29, 0.717) is 18.4 Å². The van der Waals surface area contributed by atoms with Crippen molar-refractivity contribution in [2.75, 3.05) is 13.2 Å². The summed E-state index contributed by atoms with van der Waals surface area (Å²) in [7, 11) is 0. The average Bonchev–Trinajstić information content (AvgIpc) is 3.71. The fourth-order valence-corrected chi connectivity index (χ4v) is 10.0. The summed E-state index contributed by atoms with van der Waals surface area (Å²) in [5, 5.41) is 46.7. The Balaban J connectivity index is 1.07. The molecule has 2 unspecified atom stereocenters. The van der Waals surface area contributed by atoms with Gasteiger partial charge in [-0.1, -0.05) is 81.3 Å². The maximum Gasteiger partial charge on any atom is 0.343 e. The van der Waals surface area contributed by atoms with Crippen LogP contribution >= 0.6 is 0 Å². The summed E-state index contributed by atoms with van der Waals surface area (Å²) in [4.78, 5) is 42.0. The van der Waals surface area contributed by atoms with Crippen LogP contribution < -0.4 is 23.7 Å². The Morgan fingerprint density at radius 1 is 0.562 bits per heavy atom. The van der Waals surface area contributed by atoms with E-state index in [0.717, 1.165) is 12.8 Å². The van der Waals surface area contributed by atoms with Gasteiger partial charge in [0.2, 0.25) is 24.1 Å². The third kappa shape index (κ3) is 8.78. The van der Waals surface area contributed by atoms with Gasteiger partial charge in [-0.2, -0.15) is 0 Å². The highest BCUT2D eigenvalue weighted by atomic mass is 16.8. The number of hydrogen-bond acceptors (Lipinski definition) is 19. The number of ether oxygens (including phenoxy) is 12. The summed E-state index contributed by atoms with van der Waals surface area (Å²) in [6.07, 6.45) is -12.8. The van der Waals surface area contributed by atoms with Crippen molar-refractivity contribution in [1.82, 2.24) is 0 Å². The predicted octanol–water partition coefficient (Wildman–Crippen LogP) is 5.43. The molecule has 6 aliphatic heterocycles. The summed E-state index contributed by atoms with van der Waals surface area (Å²) < 4.78 is 75.0. The largest absolute Gasteiger partial charge is 0.454 e. The molecule has 4 N–H and O–H groups in total. The number of carbonyl (C=O) groups is 3. The summed E-state index contributed by atoms with van der Waals surface area (Å²) in [5.41, 5.74) is -0.901. The third-order valence-corrected chi connectivity index (χ3v) is 13.6. The molecule has 0 saturated carbocycles. The Kier molecular flexibility index (Phi) is 13.4. The molecule has 19 heteroatoms. The van der Waals surface area contributed by atoms with Gasteiger partial charge in [-0.05, 0) is 67.4 Å². The Hall–Kier alpha value is -6.49. The van der Waals surface area contributed by atoms with Gasteiger partial charge >= 0.3 is 17.9 Å². The van der Waals surface area contributed by atoms with Crippen molar-refractivity contribution in [3.63, 3.8) is 0 Å². The van der Waals surface area contributed by atoms with Crippen molar-refractivity contribution in [3.8, 4) is 34.5 Å². The molecule has 382 valence electrons. The molecule has 6 aliphatic rings. The summed E-state index contributed by atoms with van der Waals surface area (Å²) in [6, 6.07) is 28.6. The van der Waals surface area contributed by atoms with E-state index in [-0.39, 0.29) is 75.5 Å². The second-order valence-corrected chi connectivity index (χ2v) is 18.4. The minimum absolute atomic E-state index is 0.0322. The molecule has 5 aromatic rings. The van der Waals surface area contributed by atoms with E-state index in [4.69, 9.17) is 56.8 Å².